The summed E-state index contributed by atoms with van der Waals surface area (Å²) in [6, 6.07) is 4.35. The first-order chi connectivity index (χ1) is 16.4. The number of amides is 1. The number of aromatic nitrogens is 5. The summed E-state index contributed by atoms with van der Waals surface area (Å²) in [4.78, 5) is 30.7. The number of H-pyrrole nitrogens is 1. The number of carbonyl (C=O) groups is 1. The van der Waals surface area contributed by atoms with Crippen LogP contribution in [0.1, 0.15) is 33.7 Å². The van der Waals surface area contributed by atoms with Crippen LogP contribution in [0.25, 0.3) is 16.7 Å². The Morgan fingerprint density at radius 3 is 2.57 bits per heavy atom. The molecule has 1 aromatic carbocycles. The van der Waals surface area contributed by atoms with Crippen LogP contribution in [0.3, 0.4) is 0 Å². The Bertz CT molecular complexity index is 1530. The van der Waals surface area contributed by atoms with Crippen LogP contribution in [-0.2, 0) is 25.3 Å². The molecule has 1 amide bonds. The van der Waals surface area contributed by atoms with Gasteiger partial charge < -0.3 is 10.3 Å². The molecule has 0 bridgehead atoms. The fraction of sp³-hybridized carbons (Fsp3) is 0.238. The van der Waals surface area contributed by atoms with Gasteiger partial charge in [-0.3, -0.25) is 14.3 Å². The molecule has 14 heteroatoms. The molecule has 3 aromatic heterocycles. The van der Waals surface area contributed by atoms with Crippen LogP contribution in [0.2, 0.25) is 0 Å². The molecule has 0 saturated carbocycles. The Kier molecular flexibility index (Phi) is 5.00. The number of imidazole rings is 1. The number of hydrogen-bond donors (Lipinski definition) is 2. The van der Waals surface area contributed by atoms with Crippen molar-refractivity contribution < 1.29 is 31.1 Å². The average molecular weight is 496 g/mol. The second kappa shape index (κ2) is 7.71. The van der Waals surface area contributed by atoms with Crippen molar-refractivity contribution in [2.24, 2.45) is 0 Å². The van der Waals surface area contributed by atoms with E-state index in [-0.39, 0.29) is 17.1 Å². The average Bonchev–Trinajstić information content (AvgIpc) is 3.37. The molecule has 0 radical (unpaired) electrons. The SMILES string of the molecule is O=C(Nc1ccnc(C(F)(F)F)c1)c1cnn(-c2ccc3[nH]c(=O)n4c3c2CCC4)c1C(F)(F)F. The molecular weight excluding hydrogens is 482 g/mol. The van der Waals surface area contributed by atoms with E-state index in [1.54, 1.807) is 0 Å². The molecule has 5 rings (SSSR count). The van der Waals surface area contributed by atoms with Crippen molar-refractivity contribution in [3.05, 3.63) is 69.7 Å². The van der Waals surface area contributed by atoms with Gasteiger partial charge in [-0.2, -0.15) is 31.4 Å². The normalized spacial score (nSPS) is 13.9. The zero-order valence-corrected chi connectivity index (χ0v) is 17.5. The first-order valence-corrected chi connectivity index (χ1v) is 10.2. The van der Waals surface area contributed by atoms with E-state index in [1.165, 1.54) is 16.7 Å². The van der Waals surface area contributed by atoms with Gasteiger partial charge in [0.1, 0.15) is 5.69 Å². The molecule has 0 spiro atoms. The number of hydrogen-bond acceptors (Lipinski definition) is 4. The van der Waals surface area contributed by atoms with Gasteiger partial charge in [-0.1, -0.05) is 0 Å². The van der Waals surface area contributed by atoms with E-state index in [1.807, 2.05) is 5.32 Å². The lowest BCUT2D eigenvalue weighted by Gasteiger charge is -2.20. The Morgan fingerprint density at radius 1 is 1.09 bits per heavy atom. The minimum absolute atomic E-state index is 0.0413. The van der Waals surface area contributed by atoms with Crippen molar-refractivity contribution in [2.45, 2.75) is 31.7 Å². The van der Waals surface area contributed by atoms with E-state index < -0.39 is 35.2 Å². The van der Waals surface area contributed by atoms with Gasteiger partial charge in [0.05, 0.1) is 28.5 Å². The predicted molar refractivity (Wildman–Crippen MR) is 110 cm³/mol. The van der Waals surface area contributed by atoms with E-state index in [0.29, 0.717) is 52.9 Å². The third-order valence-corrected chi connectivity index (χ3v) is 5.64. The number of alkyl halides is 6. The lowest BCUT2D eigenvalue weighted by atomic mass is 10.0. The second-order valence-electron chi connectivity index (χ2n) is 7.84. The number of nitrogens with zero attached hydrogens (tertiary/aromatic N) is 4. The van der Waals surface area contributed by atoms with Crippen molar-refractivity contribution >= 4 is 22.6 Å². The van der Waals surface area contributed by atoms with Crippen LogP contribution in [0.5, 0.6) is 0 Å². The van der Waals surface area contributed by atoms with E-state index in [0.717, 1.165) is 12.3 Å². The minimum atomic E-state index is -5.04. The molecule has 182 valence electrons. The summed E-state index contributed by atoms with van der Waals surface area (Å²) in [6.07, 6.45) is -7.47. The molecule has 0 unspecified atom stereocenters. The maximum absolute atomic E-state index is 14.1. The molecule has 0 fully saturated rings. The quantitative estimate of drug-likeness (QED) is 0.417. The highest BCUT2D eigenvalue weighted by Crippen LogP contribution is 2.37. The smallest absolute Gasteiger partial charge is 0.322 e. The number of carbonyl (C=O) groups excluding carboxylic acids is 1. The maximum Gasteiger partial charge on any atom is 0.434 e. The van der Waals surface area contributed by atoms with Crippen LogP contribution in [0, 0.1) is 0 Å². The molecule has 8 nitrogen and oxygen atoms in total. The van der Waals surface area contributed by atoms with E-state index in [2.05, 4.69) is 15.1 Å². The largest absolute Gasteiger partial charge is 0.434 e. The molecule has 0 atom stereocenters. The molecule has 4 heterocycles. The number of aromatic amines is 1. The van der Waals surface area contributed by atoms with Crippen LogP contribution in [-0.4, -0.2) is 30.2 Å². The number of pyridine rings is 1. The summed E-state index contributed by atoms with van der Waals surface area (Å²) in [5, 5.41) is 5.84. The molecule has 1 aliphatic rings. The summed E-state index contributed by atoms with van der Waals surface area (Å²) in [5.41, 5.74) is -2.93. The Labute approximate surface area is 191 Å². The first kappa shape index (κ1) is 22.7. The number of halogens is 6. The van der Waals surface area contributed by atoms with Crippen molar-refractivity contribution in [1.82, 2.24) is 24.3 Å². The predicted octanol–water partition coefficient (Wildman–Crippen LogP) is 4.15. The van der Waals surface area contributed by atoms with Crippen molar-refractivity contribution in [3.8, 4) is 5.69 Å². The zero-order chi connectivity index (χ0) is 25.1. The van der Waals surface area contributed by atoms with Gasteiger partial charge in [0.2, 0.25) is 0 Å². The summed E-state index contributed by atoms with van der Waals surface area (Å²) in [7, 11) is 0. The van der Waals surface area contributed by atoms with Gasteiger partial charge in [0.25, 0.3) is 5.91 Å². The van der Waals surface area contributed by atoms with Gasteiger partial charge in [-0.25, -0.2) is 9.48 Å². The van der Waals surface area contributed by atoms with Gasteiger partial charge >= 0.3 is 18.0 Å². The third-order valence-electron chi connectivity index (χ3n) is 5.64. The monoisotopic (exact) mass is 496 g/mol. The van der Waals surface area contributed by atoms with Crippen LogP contribution in [0.4, 0.5) is 32.0 Å². The van der Waals surface area contributed by atoms with Crippen molar-refractivity contribution in [1.29, 1.82) is 0 Å². The Balaban J connectivity index is 1.60. The fourth-order valence-corrected chi connectivity index (χ4v) is 4.22. The second-order valence-corrected chi connectivity index (χ2v) is 7.84. The van der Waals surface area contributed by atoms with E-state index in [4.69, 9.17) is 0 Å². The summed E-state index contributed by atoms with van der Waals surface area (Å²) in [5.74, 6) is -1.30. The molecular formula is C21H14F6N6O2. The topological polar surface area (TPSA) is 97.6 Å². The Morgan fingerprint density at radius 2 is 1.86 bits per heavy atom. The van der Waals surface area contributed by atoms with Gasteiger partial charge in [0.15, 0.2) is 5.69 Å². The fourth-order valence-electron chi connectivity index (χ4n) is 4.22. The zero-order valence-electron chi connectivity index (χ0n) is 17.5. The number of aryl methyl sites for hydroxylation is 2. The van der Waals surface area contributed by atoms with Crippen LogP contribution < -0.4 is 11.0 Å². The molecule has 0 saturated heterocycles. The number of rotatable bonds is 3. The number of nitrogens with one attached hydrogen (secondary N) is 2. The lowest BCUT2D eigenvalue weighted by molar-refractivity contribution is -0.143. The first-order valence-electron chi connectivity index (χ1n) is 10.2. The molecule has 1 aliphatic heterocycles. The van der Waals surface area contributed by atoms with Gasteiger partial charge in [-0.05, 0) is 37.1 Å². The minimum Gasteiger partial charge on any atom is -0.322 e. The van der Waals surface area contributed by atoms with Crippen LogP contribution in [0.15, 0.2) is 41.5 Å². The van der Waals surface area contributed by atoms with Gasteiger partial charge in [0, 0.05) is 24.0 Å². The Hall–Kier alpha value is -4.10. The summed E-state index contributed by atoms with van der Waals surface area (Å²) >= 11 is 0. The number of benzene rings is 1. The highest BCUT2D eigenvalue weighted by Gasteiger charge is 2.41. The van der Waals surface area contributed by atoms with E-state index in [9.17, 15) is 35.9 Å². The van der Waals surface area contributed by atoms with E-state index >= 15 is 0 Å². The summed E-state index contributed by atoms with van der Waals surface area (Å²) < 4.78 is 83.1. The van der Waals surface area contributed by atoms with Crippen molar-refractivity contribution in [2.75, 3.05) is 5.32 Å². The highest BCUT2D eigenvalue weighted by molar-refractivity contribution is 6.05. The van der Waals surface area contributed by atoms with Gasteiger partial charge in [-0.15, -0.1) is 0 Å². The molecule has 35 heavy (non-hydrogen) atoms. The number of anilines is 1. The van der Waals surface area contributed by atoms with Crippen molar-refractivity contribution in [3.63, 3.8) is 0 Å². The lowest BCUT2D eigenvalue weighted by Crippen LogP contribution is -2.23. The maximum atomic E-state index is 14.1. The highest BCUT2D eigenvalue weighted by atomic mass is 19.4. The summed E-state index contributed by atoms with van der Waals surface area (Å²) in [6.45, 7) is 0.403. The molecule has 4 aromatic rings. The molecule has 0 aliphatic carbocycles. The molecule has 2 N–H and O–H groups in total. The third kappa shape index (κ3) is 3.84. The standard InChI is InChI=1S/C21H14F6N6O2/c22-20(23,24)15-8-10(5-6-28-15)30-18(34)12-9-29-33(17(12)21(25,26)27)14-4-3-13-16-11(14)2-1-7-32(16)19(35)31-13/h3-6,8-9H,1-2,7H2,(H,31,35)(H,28,30,34). The van der Waals surface area contributed by atoms with Crippen LogP contribution >= 0.6 is 0 Å².